The van der Waals surface area contributed by atoms with Gasteiger partial charge in [0.2, 0.25) is 0 Å². The fourth-order valence-electron chi connectivity index (χ4n) is 0.629. The summed E-state index contributed by atoms with van der Waals surface area (Å²) < 4.78 is 4.86. The van der Waals surface area contributed by atoms with Crippen molar-refractivity contribution in [1.82, 2.24) is 0 Å². The molecule has 0 saturated carbocycles. The monoisotopic (exact) mass is 168 g/mol. The smallest absolute Gasteiger partial charge is 0.309 e. The Morgan fingerprint density at radius 3 is 2.75 bits per heavy atom. The summed E-state index contributed by atoms with van der Waals surface area (Å²) in [6.45, 7) is 4.43. The van der Waals surface area contributed by atoms with E-state index < -0.39 is 0 Å². The van der Waals surface area contributed by atoms with E-state index in [1.54, 1.807) is 6.08 Å². The first-order chi connectivity index (χ1) is 5.81. The summed E-state index contributed by atoms with van der Waals surface area (Å²) in [4.78, 5) is 10.9. The van der Waals surface area contributed by atoms with Crippen molar-refractivity contribution >= 4 is 5.97 Å². The van der Waals surface area contributed by atoms with Gasteiger partial charge in [0.05, 0.1) is 13.0 Å². The van der Waals surface area contributed by atoms with Crippen LogP contribution in [0.15, 0.2) is 24.3 Å². The van der Waals surface area contributed by atoms with Crippen LogP contribution in [0, 0.1) is 0 Å². The molecule has 2 heteroatoms. The van der Waals surface area contributed by atoms with Crippen LogP contribution in [-0.4, -0.2) is 12.6 Å². The maximum absolute atomic E-state index is 10.9. The zero-order chi connectivity index (χ0) is 9.23. The normalized spacial score (nSPS) is 11.2. The lowest BCUT2D eigenvalue weighted by molar-refractivity contribution is -0.142. The van der Waals surface area contributed by atoms with E-state index in [0.29, 0.717) is 13.0 Å². The first-order valence-corrected chi connectivity index (χ1v) is 4.24. The van der Waals surface area contributed by atoms with Gasteiger partial charge in [-0.3, -0.25) is 4.79 Å². The second kappa shape index (κ2) is 8.05. The van der Waals surface area contributed by atoms with Crippen LogP contribution in [0.2, 0.25) is 0 Å². The molecule has 0 spiro atoms. The van der Waals surface area contributed by atoms with Crippen molar-refractivity contribution in [2.45, 2.75) is 26.7 Å². The number of carbonyl (C=O) groups is 1. The third kappa shape index (κ3) is 7.06. The summed E-state index contributed by atoms with van der Waals surface area (Å²) in [5.74, 6) is -0.155. The average Bonchev–Trinajstić information content (AvgIpc) is 2.09. The molecule has 0 radical (unpaired) electrons. The van der Waals surface area contributed by atoms with Gasteiger partial charge in [0.15, 0.2) is 0 Å². The third-order valence-corrected chi connectivity index (χ3v) is 1.19. The SMILES string of the molecule is CC=CC=CCC(=O)OCCC. The maximum atomic E-state index is 10.9. The molecule has 0 atom stereocenters. The molecule has 0 aromatic heterocycles. The van der Waals surface area contributed by atoms with Gasteiger partial charge in [0.25, 0.3) is 0 Å². The first kappa shape index (κ1) is 11.0. The first-order valence-electron chi connectivity index (χ1n) is 4.24. The van der Waals surface area contributed by atoms with E-state index in [9.17, 15) is 4.79 Å². The lowest BCUT2D eigenvalue weighted by Gasteiger charge is -1.98. The molecule has 0 aromatic carbocycles. The van der Waals surface area contributed by atoms with Crippen molar-refractivity contribution in [3.63, 3.8) is 0 Å². The summed E-state index contributed by atoms with van der Waals surface area (Å²) in [5.41, 5.74) is 0. The zero-order valence-electron chi connectivity index (χ0n) is 7.75. The highest BCUT2D eigenvalue weighted by molar-refractivity contribution is 5.71. The molecular formula is C10H16O2. The van der Waals surface area contributed by atoms with Gasteiger partial charge in [-0.1, -0.05) is 31.2 Å². The number of hydrogen-bond acceptors (Lipinski definition) is 2. The zero-order valence-corrected chi connectivity index (χ0v) is 7.75. The Balaban J connectivity index is 3.43. The van der Waals surface area contributed by atoms with Gasteiger partial charge in [-0.25, -0.2) is 0 Å². The minimum atomic E-state index is -0.155. The van der Waals surface area contributed by atoms with Crippen LogP contribution >= 0.6 is 0 Å². The molecular weight excluding hydrogens is 152 g/mol. The molecule has 0 fully saturated rings. The van der Waals surface area contributed by atoms with Crippen LogP contribution < -0.4 is 0 Å². The number of ether oxygens (including phenoxy) is 1. The maximum Gasteiger partial charge on any atom is 0.309 e. The molecule has 0 aliphatic carbocycles. The molecule has 2 nitrogen and oxygen atoms in total. The van der Waals surface area contributed by atoms with E-state index in [2.05, 4.69) is 0 Å². The predicted molar refractivity (Wildman–Crippen MR) is 49.8 cm³/mol. The highest BCUT2D eigenvalue weighted by Crippen LogP contribution is 1.90. The topological polar surface area (TPSA) is 26.3 Å². The van der Waals surface area contributed by atoms with Crippen molar-refractivity contribution in [3.05, 3.63) is 24.3 Å². The lowest BCUT2D eigenvalue weighted by Crippen LogP contribution is -2.02. The molecule has 12 heavy (non-hydrogen) atoms. The van der Waals surface area contributed by atoms with E-state index in [0.717, 1.165) is 6.42 Å². The van der Waals surface area contributed by atoms with Crippen molar-refractivity contribution in [1.29, 1.82) is 0 Å². The van der Waals surface area contributed by atoms with Gasteiger partial charge in [0, 0.05) is 0 Å². The fraction of sp³-hybridized carbons (Fsp3) is 0.500. The van der Waals surface area contributed by atoms with Crippen molar-refractivity contribution < 1.29 is 9.53 Å². The van der Waals surface area contributed by atoms with E-state index in [4.69, 9.17) is 4.74 Å². The van der Waals surface area contributed by atoms with Gasteiger partial charge < -0.3 is 4.74 Å². The van der Waals surface area contributed by atoms with E-state index >= 15 is 0 Å². The molecule has 0 aliphatic rings. The highest BCUT2D eigenvalue weighted by atomic mass is 16.5. The summed E-state index contributed by atoms with van der Waals surface area (Å²) in [6, 6.07) is 0. The van der Waals surface area contributed by atoms with Gasteiger partial charge in [-0.15, -0.1) is 0 Å². The second-order valence-corrected chi connectivity index (χ2v) is 2.38. The Hall–Kier alpha value is -1.05. The summed E-state index contributed by atoms with van der Waals surface area (Å²) in [6.07, 6.45) is 8.67. The number of rotatable bonds is 5. The summed E-state index contributed by atoms with van der Waals surface area (Å²) in [7, 11) is 0. The number of allylic oxidation sites excluding steroid dienone is 3. The summed E-state index contributed by atoms with van der Waals surface area (Å²) in [5, 5.41) is 0. The lowest BCUT2D eigenvalue weighted by atomic mass is 10.3. The van der Waals surface area contributed by atoms with E-state index in [-0.39, 0.29) is 5.97 Å². The Kier molecular flexibility index (Phi) is 7.35. The molecule has 0 rings (SSSR count). The van der Waals surface area contributed by atoms with Gasteiger partial charge >= 0.3 is 5.97 Å². The molecule has 68 valence electrons. The average molecular weight is 168 g/mol. The Bertz CT molecular complexity index is 169. The third-order valence-electron chi connectivity index (χ3n) is 1.19. The molecule has 0 aromatic rings. The Morgan fingerprint density at radius 2 is 2.17 bits per heavy atom. The Labute approximate surface area is 73.9 Å². The number of esters is 1. The van der Waals surface area contributed by atoms with Gasteiger partial charge in [-0.05, 0) is 13.3 Å². The largest absolute Gasteiger partial charge is 0.465 e. The van der Waals surface area contributed by atoms with Crippen LogP contribution in [0.5, 0.6) is 0 Å². The highest BCUT2D eigenvalue weighted by Gasteiger charge is 1.95. The predicted octanol–water partition coefficient (Wildman–Crippen LogP) is 2.46. The van der Waals surface area contributed by atoms with Crippen LogP contribution in [0.4, 0.5) is 0 Å². The number of hydrogen-bond donors (Lipinski definition) is 0. The van der Waals surface area contributed by atoms with Gasteiger partial charge in [-0.2, -0.15) is 0 Å². The van der Waals surface area contributed by atoms with E-state index in [1.807, 2.05) is 32.1 Å². The quantitative estimate of drug-likeness (QED) is 0.465. The Morgan fingerprint density at radius 1 is 1.42 bits per heavy atom. The molecule has 0 bridgehead atoms. The molecule has 0 heterocycles. The fourth-order valence-corrected chi connectivity index (χ4v) is 0.629. The van der Waals surface area contributed by atoms with E-state index in [1.165, 1.54) is 0 Å². The van der Waals surface area contributed by atoms with Crippen LogP contribution in [0.3, 0.4) is 0 Å². The molecule has 0 amide bonds. The second-order valence-electron chi connectivity index (χ2n) is 2.38. The van der Waals surface area contributed by atoms with Crippen LogP contribution in [-0.2, 0) is 9.53 Å². The standard InChI is InChI=1S/C10H16O2/c1-3-5-6-7-8-10(11)12-9-4-2/h3,5-7H,4,8-9H2,1-2H3. The molecule has 0 N–H and O–H groups in total. The van der Waals surface area contributed by atoms with Crippen molar-refractivity contribution in [3.8, 4) is 0 Å². The minimum Gasteiger partial charge on any atom is -0.465 e. The molecule has 0 saturated heterocycles. The summed E-state index contributed by atoms with van der Waals surface area (Å²) >= 11 is 0. The van der Waals surface area contributed by atoms with Crippen LogP contribution in [0.25, 0.3) is 0 Å². The molecule has 0 aliphatic heterocycles. The number of carbonyl (C=O) groups excluding carboxylic acids is 1. The van der Waals surface area contributed by atoms with Crippen molar-refractivity contribution in [2.75, 3.05) is 6.61 Å². The van der Waals surface area contributed by atoms with Crippen molar-refractivity contribution in [2.24, 2.45) is 0 Å². The molecule has 0 unspecified atom stereocenters. The van der Waals surface area contributed by atoms with Gasteiger partial charge in [0.1, 0.15) is 0 Å². The van der Waals surface area contributed by atoms with Crippen LogP contribution in [0.1, 0.15) is 26.7 Å². The minimum absolute atomic E-state index is 0.155.